The molecule has 8 heteroatoms. The molecule has 1 fully saturated rings. The van der Waals surface area contributed by atoms with Gasteiger partial charge in [-0.05, 0) is 12.1 Å². The van der Waals surface area contributed by atoms with Gasteiger partial charge in [-0.15, -0.1) is 24.8 Å². The highest BCUT2D eigenvalue weighted by Gasteiger charge is 2.33. The summed E-state index contributed by atoms with van der Waals surface area (Å²) < 4.78 is 39.9. The Morgan fingerprint density at radius 1 is 1.42 bits per heavy atom. The zero-order valence-electron chi connectivity index (χ0n) is 9.58. The predicted octanol–water partition coefficient (Wildman–Crippen LogP) is 2.51. The Morgan fingerprint density at radius 2 is 2.11 bits per heavy atom. The number of nitrogens with two attached hydrogens (primary N) is 1. The second kappa shape index (κ2) is 4.80. The molecule has 1 aliphatic heterocycles. The van der Waals surface area contributed by atoms with Crippen LogP contribution in [-0.4, -0.2) is 24.2 Å². The maximum Gasteiger partial charge on any atom is 0.573 e. The van der Waals surface area contributed by atoms with E-state index in [9.17, 15) is 18.0 Å². The smallest absolute Gasteiger partial charge is 0.406 e. The summed E-state index contributed by atoms with van der Waals surface area (Å²) in [5, 5.41) is -0.321. The number of halogens is 4. The Hall–Kier alpha value is -1.63. The van der Waals surface area contributed by atoms with Crippen molar-refractivity contribution in [3.8, 4) is 5.75 Å². The summed E-state index contributed by atoms with van der Waals surface area (Å²) in [7, 11) is 0. The van der Waals surface area contributed by atoms with Crippen LogP contribution in [0, 0.1) is 0 Å². The zero-order valence-corrected chi connectivity index (χ0v) is 10.3. The topological polar surface area (TPSA) is 55.6 Å². The Labute approximate surface area is 111 Å². The second-order valence-electron chi connectivity index (χ2n) is 4.07. The maximum absolute atomic E-state index is 12.0. The number of amides is 1. The molecule has 1 aromatic carbocycles. The van der Waals surface area contributed by atoms with Crippen molar-refractivity contribution in [3.63, 3.8) is 0 Å². The zero-order chi connectivity index (χ0) is 14.2. The fourth-order valence-electron chi connectivity index (χ4n) is 1.87. The molecular weight excluding hydrogens is 285 g/mol. The van der Waals surface area contributed by atoms with Crippen molar-refractivity contribution < 1.29 is 22.7 Å². The lowest BCUT2D eigenvalue weighted by Crippen LogP contribution is -2.25. The SMILES string of the molecule is Nc1cc(OC(F)(F)F)ccc1N1CC(Cl)CC1=O. The highest BCUT2D eigenvalue weighted by Crippen LogP contribution is 2.33. The van der Waals surface area contributed by atoms with E-state index in [4.69, 9.17) is 17.3 Å². The van der Waals surface area contributed by atoms with Gasteiger partial charge in [0.1, 0.15) is 5.75 Å². The van der Waals surface area contributed by atoms with Gasteiger partial charge in [0.2, 0.25) is 5.91 Å². The molecule has 0 radical (unpaired) electrons. The minimum Gasteiger partial charge on any atom is -0.406 e. The van der Waals surface area contributed by atoms with Crippen molar-refractivity contribution >= 4 is 28.9 Å². The summed E-state index contributed by atoms with van der Waals surface area (Å²) in [6.45, 7) is 0.282. The molecule has 1 aliphatic rings. The van der Waals surface area contributed by atoms with Gasteiger partial charge in [-0.2, -0.15) is 0 Å². The van der Waals surface area contributed by atoms with Gasteiger partial charge >= 0.3 is 6.36 Å². The highest BCUT2D eigenvalue weighted by molar-refractivity contribution is 6.24. The average molecular weight is 295 g/mol. The van der Waals surface area contributed by atoms with E-state index in [1.807, 2.05) is 0 Å². The number of carbonyl (C=O) groups excluding carboxylic acids is 1. The number of benzene rings is 1. The maximum atomic E-state index is 12.0. The van der Waals surface area contributed by atoms with Crippen LogP contribution < -0.4 is 15.4 Å². The third kappa shape index (κ3) is 3.23. The molecule has 1 atom stereocenters. The van der Waals surface area contributed by atoms with Crippen molar-refractivity contribution in [2.45, 2.75) is 18.2 Å². The molecule has 0 aromatic heterocycles. The van der Waals surface area contributed by atoms with E-state index < -0.39 is 12.1 Å². The van der Waals surface area contributed by atoms with Gasteiger partial charge in [0.25, 0.3) is 0 Å². The molecule has 0 bridgehead atoms. The van der Waals surface area contributed by atoms with E-state index in [0.29, 0.717) is 5.69 Å². The Balaban J connectivity index is 2.22. The predicted molar refractivity (Wildman–Crippen MR) is 64.1 cm³/mol. The first kappa shape index (κ1) is 13.8. The fraction of sp³-hybridized carbons (Fsp3) is 0.364. The van der Waals surface area contributed by atoms with Crippen LogP contribution in [0.1, 0.15) is 6.42 Å². The van der Waals surface area contributed by atoms with Crippen LogP contribution in [0.3, 0.4) is 0 Å². The number of hydrogen-bond acceptors (Lipinski definition) is 3. The molecular formula is C11H10ClF3N2O2. The summed E-state index contributed by atoms with van der Waals surface area (Å²) in [6, 6.07) is 3.44. The largest absolute Gasteiger partial charge is 0.573 e. The molecule has 19 heavy (non-hydrogen) atoms. The average Bonchev–Trinajstić information content (AvgIpc) is 2.55. The van der Waals surface area contributed by atoms with Crippen LogP contribution in [0.25, 0.3) is 0 Å². The third-order valence-electron chi connectivity index (χ3n) is 2.60. The molecule has 1 saturated heterocycles. The summed E-state index contributed by atoms with van der Waals surface area (Å²) in [4.78, 5) is 13.0. The van der Waals surface area contributed by atoms with Crippen LogP contribution in [-0.2, 0) is 4.79 Å². The molecule has 0 saturated carbocycles. The van der Waals surface area contributed by atoms with Crippen LogP contribution >= 0.6 is 11.6 Å². The minimum atomic E-state index is -4.78. The van der Waals surface area contributed by atoms with Crippen molar-refractivity contribution in [2.24, 2.45) is 0 Å². The Morgan fingerprint density at radius 3 is 2.58 bits per heavy atom. The molecule has 1 heterocycles. The number of ether oxygens (including phenoxy) is 1. The quantitative estimate of drug-likeness (QED) is 0.673. The normalized spacial score (nSPS) is 19.9. The summed E-state index contributed by atoms with van der Waals surface area (Å²) in [5.41, 5.74) is 6.01. The number of nitrogens with zero attached hydrogens (tertiary/aromatic N) is 1. The number of carbonyl (C=O) groups is 1. The molecule has 2 rings (SSSR count). The van der Waals surface area contributed by atoms with Crippen LogP contribution in [0.4, 0.5) is 24.5 Å². The van der Waals surface area contributed by atoms with Gasteiger partial charge in [-0.3, -0.25) is 4.79 Å². The molecule has 1 aromatic rings. The van der Waals surface area contributed by atoms with Gasteiger partial charge in [0.15, 0.2) is 0 Å². The van der Waals surface area contributed by atoms with Gasteiger partial charge in [0, 0.05) is 19.0 Å². The standard InChI is InChI=1S/C11H10ClF3N2O2/c12-6-3-10(18)17(5-6)9-2-1-7(4-8(9)16)19-11(13,14)15/h1-2,4,6H,3,5,16H2. The first-order chi connectivity index (χ1) is 8.76. The van der Waals surface area contributed by atoms with Crippen molar-refractivity contribution in [3.05, 3.63) is 18.2 Å². The Bertz CT molecular complexity index is 507. The highest BCUT2D eigenvalue weighted by atomic mass is 35.5. The number of alkyl halides is 4. The van der Waals surface area contributed by atoms with E-state index in [-0.39, 0.29) is 29.9 Å². The minimum absolute atomic E-state index is 0.0286. The molecule has 104 valence electrons. The molecule has 0 aliphatic carbocycles. The second-order valence-corrected chi connectivity index (χ2v) is 4.69. The molecule has 1 amide bonds. The van der Waals surface area contributed by atoms with Crippen molar-refractivity contribution in [2.75, 3.05) is 17.2 Å². The summed E-state index contributed by atoms with van der Waals surface area (Å²) in [6.07, 6.45) is -4.60. The number of rotatable bonds is 2. The molecule has 0 spiro atoms. The number of hydrogen-bond donors (Lipinski definition) is 1. The van der Waals surface area contributed by atoms with E-state index in [1.54, 1.807) is 0 Å². The number of nitrogen functional groups attached to an aromatic ring is 1. The van der Waals surface area contributed by atoms with Gasteiger partial charge < -0.3 is 15.4 Å². The number of anilines is 2. The first-order valence-electron chi connectivity index (χ1n) is 5.36. The lowest BCUT2D eigenvalue weighted by atomic mass is 10.2. The summed E-state index contributed by atoms with van der Waals surface area (Å²) >= 11 is 5.85. The third-order valence-corrected chi connectivity index (χ3v) is 2.89. The summed E-state index contributed by atoms with van der Waals surface area (Å²) in [5.74, 6) is -0.640. The van der Waals surface area contributed by atoms with E-state index in [0.717, 1.165) is 12.1 Å². The van der Waals surface area contributed by atoms with Crippen molar-refractivity contribution in [1.82, 2.24) is 0 Å². The monoisotopic (exact) mass is 294 g/mol. The van der Waals surface area contributed by atoms with Crippen molar-refractivity contribution in [1.29, 1.82) is 0 Å². The lowest BCUT2D eigenvalue weighted by Gasteiger charge is -2.19. The molecule has 1 unspecified atom stereocenters. The fourth-order valence-corrected chi connectivity index (χ4v) is 2.14. The Kier molecular flexibility index (Phi) is 3.49. The van der Waals surface area contributed by atoms with Crippen LogP contribution in [0.5, 0.6) is 5.75 Å². The van der Waals surface area contributed by atoms with Crippen LogP contribution in [0.15, 0.2) is 18.2 Å². The van der Waals surface area contributed by atoms with Gasteiger partial charge in [-0.1, -0.05) is 0 Å². The van der Waals surface area contributed by atoms with Crippen LogP contribution in [0.2, 0.25) is 0 Å². The van der Waals surface area contributed by atoms with E-state index >= 15 is 0 Å². The van der Waals surface area contributed by atoms with Gasteiger partial charge in [-0.25, -0.2) is 0 Å². The first-order valence-corrected chi connectivity index (χ1v) is 5.79. The molecule has 4 nitrogen and oxygen atoms in total. The lowest BCUT2D eigenvalue weighted by molar-refractivity contribution is -0.274. The van der Waals surface area contributed by atoms with Gasteiger partial charge in [0.05, 0.1) is 16.8 Å². The van der Waals surface area contributed by atoms with E-state index in [1.165, 1.54) is 11.0 Å². The molecule has 2 N–H and O–H groups in total. The van der Waals surface area contributed by atoms with E-state index in [2.05, 4.69) is 4.74 Å².